The Kier molecular flexibility index (Phi) is 3.19. The van der Waals surface area contributed by atoms with Crippen LogP contribution in [0.4, 0.5) is 15.9 Å². The smallest absolute Gasteiger partial charge is 0.142 e. The van der Waals surface area contributed by atoms with Gasteiger partial charge in [0.25, 0.3) is 0 Å². The fourth-order valence-corrected chi connectivity index (χ4v) is 2.04. The predicted octanol–water partition coefficient (Wildman–Crippen LogP) is 1.88. The van der Waals surface area contributed by atoms with Crippen LogP contribution in [-0.4, -0.2) is 15.9 Å². The van der Waals surface area contributed by atoms with Gasteiger partial charge >= 0.3 is 0 Å². The zero-order valence-electron chi connectivity index (χ0n) is 10.7. The van der Waals surface area contributed by atoms with E-state index in [1.165, 1.54) is 36.7 Å². The number of anilines is 2. The Morgan fingerprint density at radius 2 is 1.86 bits per heavy atom. The summed E-state index contributed by atoms with van der Waals surface area (Å²) >= 11 is 0. The second-order valence-electron chi connectivity index (χ2n) is 4.34. The molecule has 3 rings (SSSR count). The van der Waals surface area contributed by atoms with E-state index in [-0.39, 0.29) is 11.4 Å². The first-order valence-corrected chi connectivity index (χ1v) is 6.13. The van der Waals surface area contributed by atoms with Gasteiger partial charge in [0.05, 0.1) is 16.9 Å². The number of aromatic nitrogens is 2. The topological polar surface area (TPSA) is 77.9 Å². The molecule has 0 unspecified atom stereocenters. The molecule has 0 amide bonds. The van der Waals surface area contributed by atoms with Crippen LogP contribution >= 0.6 is 0 Å². The van der Waals surface area contributed by atoms with Gasteiger partial charge in [0.2, 0.25) is 0 Å². The Labute approximate surface area is 119 Å². The lowest BCUT2D eigenvalue weighted by atomic mass is 10.1. The number of carboxylic acid groups (broad SMARTS) is 1. The molecule has 0 aliphatic rings. The van der Waals surface area contributed by atoms with Crippen LogP contribution in [0.3, 0.4) is 0 Å². The van der Waals surface area contributed by atoms with Crippen molar-refractivity contribution in [3.63, 3.8) is 0 Å². The molecule has 3 aromatic rings. The van der Waals surface area contributed by atoms with Crippen LogP contribution in [0.15, 0.2) is 48.8 Å². The van der Waals surface area contributed by atoms with Crippen LogP contribution in [0.25, 0.3) is 10.9 Å². The average molecular weight is 282 g/mol. The van der Waals surface area contributed by atoms with E-state index >= 15 is 0 Å². The standard InChI is InChI=1S/C15H10FN3O2/c16-9-4-6-10(7-5-9)19-14-13-11(15(20)21)2-1-3-12(13)17-8-18-14/h1-8H,(H,20,21)(H,17,18,19)/p-1. The maximum atomic E-state index is 12.9. The van der Waals surface area contributed by atoms with E-state index in [9.17, 15) is 14.3 Å². The maximum Gasteiger partial charge on any atom is 0.142 e. The van der Waals surface area contributed by atoms with Crippen LogP contribution in [0, 0.1) is 5.82 Å². The molecule has 6 heteroatoms. The van der Waals surface area contributed by atoms with E-state index in [0.29, 0.717) is 22.4 Å². The summed E-state index contributed by atoms with van der Waals surface area (Å²) < 4.78 is 12.9. The third kappa shape index (κ3) is 2.51. The molecule has 0 aliphatic carbocycles. The minimum atomic E-state index is -1.31. The third-order valence-corrected chi connectivity index (χ3v) is 2.99. The van der Waals surface area contributed by atoms with Gasteiger partial charge in [-0.15, -0.1) is 0 Å². The molecular formula is C15H9FN3O2-. The first-order chi connectivity index (χ1) is 10.1. The molecule has 0 saturated heterocycles. The van der Waals surface area contributed by atoms with Crippen LogP contribution in [0.5, 0.6) is 0 Å². The molecule has 104 valence electrons. The molecule has 0 fully saturated rings. The monoisotopic (exact) mass is 282 g/mol. The number of carbonyl (C=O) groups excluding carboxylic acids is 1. The number of benzene rings is 2. The molecule has 1 aromatic heterocycles. The summed E-state index contributed by atoms with van der Waals surface area (Å²) in [5.74, 6) is -1.34. The number of carboxylic acids is 1. The lowest BCUT2D eigenvalue weighted by molar-refractivity contribution is -0.254. The van der Waals surface area contributed by atoms with Crippen LogP contribution in [0.2, 0.25) is 0 Å². The number of nitrogens with zero attached hydrogens (tertiary/aromatic N) is 2. The fraction of sp³-hybridized carbons (Fsp3) is 0. The molecular weight excluding hydrogens is 273 g/mol. The summed E-state index contributed by atoms with van der Waals surface area (Å²) in [6.07, 6.45) is 1.33. The Balaban J connectivity index is 2.13. The van der Waals surface area contributed by atoms with Crippen molar-refractivity contribution in [3.8, 4) is 0 Å². The highest BCUT2D eigenvalue weighted by Gasteiger charge is 2.09. The number of aromatic carboxylic acids is 1. The molecule has 0 saturated carbocycles. The first-order valence-electron chi connectivity index (χ1n) is 6.13. The molecule has 21 heavy (non-hydrogen) atoms. The molecule has 0 bridgehead atoms. The Hall–Kier alpha value is -3.02. The Morgan fingerprint density at radius 3 is 2.57 bits per heavy atom. The summed E-state index contributed by atoms with van der Waals surface area (Å²) in [4.78, 5) is 19.3. The zero-order valence-corrected chi connectivity index (χ0v) is 10.7. The molecule has 1 heterocycles. The summed E-state index contributed by atoms with van der Waals surface area (Å²) in [7, 11) is 0. The highest BCUT2D eigenvalue weighted by Crippen LogP contribution is 2.26. The molecule has 0 aliphatic heterocycles. The minimum Gasteiger partial charge on any atom is -0.545 e. The second-order valence-corrected chi connectivity index (χ2v) is 4.34. The Bertz CT molecular complexity index is 814. The van der Waals surface area contributed by atoms with Gasteiger partial charge in [0.1, 0.15) is 18.0 Å². The van der Waals surface area contributed by atoms with Gasteiger partial charge in [0.15, 0.2) is 0 Å². The molecule has 2 aromatic carbocycles. The minimum absolute atomic E-state index is 0.00212. The molecule has 0 spiro atoms. The lowest BCUT2D eigenvalue weighted by Crippen LogP contribution is -2.22. The van der Waals surface area contributed by atoms with E-state index < -0.39 is 5.97 Å². The van der Waals surface area contributed by atoms with Crippen molar-refractivity contribution in [2.75, 3.05) is 5.32 Å². The van der Waals surface area contributed by atoms with Crippen molar-refractivity contribution >= 4 is 28.4 Å². The third-order valence-electron chi connectivity index (χ3n) is 2.99. The van der Waals surface area contributed by atoms with Crippen molar-refractivity contribution in [1.29, 1.82) is 0 Å². The van der Waals surface area contributed by atoms with Crippen LogP contribution in [-0.2, 0) is 0 Å². The summed E-state index contributed by atoms with van der Waals surface area (Å²) in [5, 5.41) is 14.5. The van der Waals surface area contributed by atoms with Crippen molar-refractivity contribution < 1.29 is 14.3 Å². The van der Waals surface area contributed by atoms with Crippen molar-refractivity contribution in [2.24, 2.45) is 0 Å². The zero-order chi connectivity index (χ0) is 14.8. The number of nitrogens with one attached hydrogen (secondary N) is 1. The number of fused-ring (bicyclic) bond motifs is 1. The quantitative estimate of drug-likeness (QED) is 0.793. The van der Waals surface area contributed by atoms with E-state index in [0.717, 1.165) is 0 Å². The first kappa shape index (κ1) is 13.0. The lowest BCUT2D eigenvalue weighted by Gasteiger charge is -2.12. The van der Waals surface area contributed by atoms with Crippen LogP contribution < -0.4 is 10.4 Å². The van der Waals surface area contributed by atoms with Crippen molar-refractivity contribution in [3.05, 3.63) is 60.2 Å². The Morgan fingerprint density at radius 1 is 1.10 bits per heavy atom. The van der Waals surface area contributed by atoms with Gasteiger partial charge in [-0.2, -0.15) is 0 Å². The fourth-order valence-electron chi connectivity index (χ4n) is 2.04. The second kappa shape index (κ2) is 5.16. The average Bonchev–Trinajstić information content (AvgIpc) is 2.49. The SMILES string of the molecule is O=C([O-])c1cccc2ncnc(Nc3ccc(F)cc3)c12. The maximum absolute atomic E-state index is 12.9. The van der Waals surface area contributed by atoms with E-state index in [1.807, 2.05) is 0 Å². The van der Waals surface area contributed by atoms with E-state index in [4.69, 9.17) is 0 Å². The number of halogens is 1. The number of carbonyl (C=O) groups is 1. The number of rotatable bonds is 3. The molecule has 5 nitrogen and oxygen atoms in total. The molecule has 0 atom stereocenters. The van der Waals surface area contributed by atoms with E-state index in [1.54, 1.807) is 12.1 Å². The van der Waals surface area contributed by atoms with Gasteiger partial charge in [-0.05, 0) is 30.3 Å². The van der Waals surface area contributed by atoms with E-state index in [2.05, 4.69) is 15.3 Å². The summed E-state index contributed by atoms with van der Waals surface area (Å²) in [5.41, 5.74) is 1.07. The number of hydrogen-bond acceptors (Lipinski definition) is 5. The predicted molar refractivity (Wildman–Crippen MR) is 73.6 cm³/mol. The van der Waals surface area contributed by atoms with Crippen LogP contribution in [0.1, 0.15) is 10.4 Å². The van der Waals surface area contributed by atoms with Gasteiger partial charge in [-0.1, -0.05) is 12.1 Å². The molecule has 1 N–H and O–H groups in total. The highest BCUT2D eigenvalue weighted by molar-refractivity contribution is 6.06. The van der Waals surface area contributed by atoms with Gasteiger partial charge in [-0.25, -0.2) is 14.4 Å². The highest BCUT2D eigenvalue weighted by atomic mass is 19.1. The van der Waals surface area contributed by atoms with Gasteiger partial charge < -0.3 is 15.2 Å². The summed E-state index contributed by atoms with van der Waals surface area (Å²) in [6.45, 7) is 0. The van der Waals surface area contributed by atoms with Crippen molar-refractivity contribution in [2.45, 2.75) is 0 Å². The number of hydrogen-bond donors (Lipinski definition) is 1. The van der Waals surface area contributed by atoms with Gasteiger partial charge in [-0.3, -0.25) is 0 Å². The van der Waals surface area contributed by atoms with Gasteiger partial charge in [0, 0.05) is 11.3 Å². The normalized spacial score (nSPS) is 10.5. The molecule has 0 radical (unpaired) electrons. The summed E-state index contributed by atoms with van der Waals surface area (Å²) in [6, 6.07) is 10.4. The largest absolute Gasteiger partial charge is 0.545 e. The van der Waals surface area contributed by atoms with Crippen molar-refractivity contribution in [1.82, 2.24) is 9.97 Å².